The largest absolute Gasteiger partial charge is 0.268 e. The highest BCUT2D eigenvalue weighted by molar-refractivity contribution is 6.31. The van der Waals surface area contributed by atoms with Gasteiger partial charge in [-0.05, 0) is 18.2 Å². The molecule has 56 valence electrons. The molecule has 2 rings (SSSR count). The van der Waals surface area contributed by atoms with Crippen molar-refractivity contribution in [3.05, 3.63) is 29.4 Å². The fourth-order valence-electron chi connectivity index (χ4n) is 1.13. The van der Waals surface area contributed by atoms with E-state index in [9.17, 15) is 0 Å². The zero-order valence-corrected chi connectivity index (χ0v) is 6.84. The molecule has 0 aliphatic rings. The molecule has 1 aromatic carbocycles. The summed E-state index contributed by atoms with van der Waals surface area (Å²) < 4.78 is 1.83. The van der Waals surface area contributed by atoms with Gasteiger partial charge in [-0.1, -0.05) is 11.6 Å². The predicted octanol–water partition coefficient (Wildman–Crippen LogP) is 2.23. The average Bonchev–Trinajstić information content (AvgIpc) is 2.32. The normalized spacial score (nSPS) is 10.7. The Hall–Kier alpha value is -1.02. The maximum Gasteiger partial charge on any atom is 0.0680 e. The third kappa shape index (κ3) is 0.994. The van der Waals surface area contributed by atoms with Crippen LogP contribution < -0.4 is 0 Å². The summed E-state index contributed by atoms with van der Waals surface area (Å²) in [6.45, 7) is 0. The summed E-state index contributed by atoms with van der Waals surface area (Å²) in [6.07, 6.45) is 1.81. The minimum atomic E-state index is 0.755. The van der Waals surface area contributed by atoms with Crippen LogP contribution in [0.15, 0.2) is 24.4 Å². The van der Waals surface area contributed by atoms with E-state index in [4.69, 9.17) is 11.6 Å². The molecule has 11 heavy (non-hydrogen) atoms. The second kappa shape index (κ2) is 2.24. The van der Waals surface area contributed by atoms with E-state index in [1.807, 2.05) is 29.9 Å². The number of aryl methyl sites for hydroxylation is 1. The van der Waals surface area contributed by atoms with Crippen LogP contribution in [0.1, 0.15) is 0 Å². The van der Waals surface area contributed by atoms with Gasteiger partial charge in [0.2, 0.25) is 0 Å². The summed E-state index contributed by atoms with van der Waals surface area (Å²) >= 11 is 5.79. The summed E-state index contributed by atoms with van der Waals surface area (Å²) in [6, 6.07) is 5.74. The second-order valence-electron chi connectivity index (χ2n) is 2.47. The number of aromatic nitrogens is 2. The number of benzene rings is 1. The van der Waals surface area contributed by atoms with Gasteiger partial charge in [0.1, 0.15) is 0 Å². The van der Waals surface area contributed by atoms with E-state index in [1.54, 1.807) is 6.20 Å². The lowest BCUT2D eigenvalue weighted by Crippen LogP contribution is -1.87. The van der Waals surface area contributed by atoms with Crippen molar-refractivity contribution < 1.29 is 0 Å². The number of rotatable bonds is 0. The molecule has 0 atom stereocenters. The molecular formula is C8H7ClN2. The van der Waals surface area contributed by atoms with Gasteiger partial charge in [-0.25, -0.2) is 0 Å². The Morgan fingerprint density at radius 1 is 1.45 bits per heavy atom. The van der Waals surface area contributed by atoms with Gasteiger partial charge in [-0.3, -0.25) is 4.68 Å². The molecule has 3 heteroatoms. The van der Waals surface area contributed by atoms with E-state index in [2.05, 4.69) is 5.10 Å². The van der Waals surface area contributed by atoms with E-state index in [-0.39, 0.29) is 0 Å². The van der Waals surface area contributed by atoms with Gasteiger partial charge in [-0.15, -0.1) is 0 Å². The molecule has 0 saturated heterocycles. The predicted molar refractivity (Wildman–Crippen MR) is 45.7 cm³/mol. The molecular weight excluding hydrogens is 160 g/mol. The lowest BCUT2D eigenvalue weighted by atomic mass is 10.3. The molecule has 0 bridgehead atoms. The lowest BCUT2D eigenvalue weighted by Gasteiger charge is -1.92. The van der Waals surface area contributed by atoms with Crippen molar-refractivity contribution in [1.82, 2.24) is 9.78 Å². The number of halogens is 1. The van der Waals surface area contributed by atoms with Crippen LogP contribution in [-0.2, 0) is 7.05 Å². The molecule has 0 aliphatic heterocycles. The minimum absolute atomic E-state index is 0.755. The summed E-state index contributed by atoms with van der Waals surface area (Å²) in [5.41, 5.74) is 1.11. The zero-order valence-electron chi connectivity index (χ0n) is 6.08. The van der Waals surface area contributed by atoms with Gasteiger partial charge < -0.3 is 0 Å². The first-order valence-electron chi connectivity index (χ1n) is 3.34. The number of nitrogens with zero attached hydrogens (tertiary/aromatic N) is 2. The van der Waals surface area contributed by atoms with E-state index in [0.717, 1.165) is 15.9 Å². The molecule has 0 fully saturated rings. The van der Waals surface area contributed by atoms with Gasteiger partial charge in [0.05, 0.1) is 11.7 Å². The summed E-state index contributed by atoms with van der Waals surface area (Å²) in [5.74, 6) is 0. The fraction of sp³-hybridized carbons (Fsp3) is 0.125. The first-order valence-corrected chi connectivity index (χ1v) is 3.72. The van der Waals surface area contributed by atoms with Crippen molar-refractivity contribution in [1.29, 1.82) is 0 Å². The maximum atomic E-state index is 5.79. The van der Waals surface area contributed by atoms with Gasteiger partial charge >= 0.3 is 0 Å². The summed E-state index contributed by atoms with van der Waals surface area (Å²) in [4.78, 5) is 0. The Bertz CT molecular complexity index is 392. The average molecular weight is 167 g/mol. The van der Waals surface area contributed by atoms with Crippen molar-refractivity contribution >= 4 is 22.5 Å². The van der Waals surface area contributed by atoms with Crippen LogP contribution in [0, 0.1) is 0 Å². The van der Waals surface area contributed by atoms with E-state index in [1.165, 1.54) is 0 Å². The molecule has 2 nitrogen and oxygen atoms in total. The Morgan fingerprint density at radius 2 is 2.27 bits per heavy atom. The number of fused-ring (bicyclic) bond motifs is 1. The monoisotopic (exact) mass is 166 g/mol. The van der Waals surface area contributed by atoms with Crippen LogP contribution in [0.25, 0.3) is 10.9 Å². The van der Waals surface area contributed by atoms with Crippen molar-refractivity contribution in [2.45, 2.75) is 0 Å². The first-order chi connectivity index (χ1) is 5.27. The van der Waals surface area contributed by atoms with E-state index >= 15 is 0 Å². The van der Waals surface area contributed by atoms with Crippen LogP contribution in [0.5, 0.6) is 0 Å². The van der Waals surface area contributed by atoms with Crippen molar-refractivity contribution in [2.24, 2.45) is 7.05 Å². The van der Waals surface area contributed by atoms with Crippen molar-refractivity contribution in [3.8, 4) is 0 Å². The highest BCUT2D eigenvalue weighted by Crippen LogP contribution is 2.17. The number of hydrogen-bond acceptors (Lipinski definition) is 1. The van der Waals surface area contributed by atoms with Gasteiger partial charge in [0.15, 0.2) is 0 Å². The van der Waals surface area contributed by atoms with E-state index in [0.29, 0.717) is 0 Å². The molecule has 0 aliphatic carbocycles. The van der Waals surface area contributed by atoms with Crippen LogP contribution in [0.2, 0.25) is 5.02 Å². The summed E-state index contributed by atoms with van der Waals surface area (Å²) in [7, 11) is 1.91. The molecule has 0 radical (unpaired) electrons. The van der Waals surface area contributed by atoms with Gasteiger partial charge in [-0.2, -0.15) is 5.10 Å². The molecule has 1 heterocycles. The molecule has 0 amide bonds. The minimum Gasteiger partial charge on any atom is -0.268 e. The van der Waals surface area contributed by atoms with Gasteiger partial charge in [0, 0.05) is 17.5 Å². The second-order valence-corrected chi connectivity index (χ2v) is 2.91. The fourth-order valence-corrected chi connectivity index (χ4v) is 1.32. The van der Waals surface area contributed by atoms with Gasteiger partial charge in [0.25, 0.3) is 0 Å². The SMILES string of the molecule is Cn1ncc2cc(Cl)ccc21. The lowest BCUT2D eigenvalue weighted by molar-refractivity contribution is 0.797. The third-order valence-corrected chi connectivity index (χ3v) is 1.94. The Morgan fingerprint density at radius 3 is 3.09 bits per heavy atom. The number of hydrogen-bond donors (Lipinski definition) is 0. The van der Waals surface area contributed by atoms with Crippen molar-refractivity contribution in [3.63, 3.8) is 0 Å². The molecule has 0 unspecified atom stereocenters. The molecule has 0 saturated carbocycles. The summed E-state index contributed by atoms with van der Waals surface area (Å²) in [5, 5.41) is 5.93. The first kappa shape index (κ1) is 6.68. The van der Waals surface area contributed by atoms with E-state index < -0.39 is 0 Å². The van der Waals surface area contributed by atoms with Crippen LogP contribution in [0.3, 0.4) is 0 Å². The Labute approximate surface area is 69.4 Å². The third-order valence-electron chi connectivity index (χ3n) is 1.71. The molecule has 0 N–H and O–H groups in total. The molecule has 1 aromatic heterocycles. The maximum absolute atomic E-state index is 5.79. The molecule has 0 spiro atoms. The Kier molecular flexibility index (Phi) is 1.36. The zero-order chi connectivity index (χ0) is 7.84. The highest BCUT2D eigenvalue weighted by Gasteiger charge is 1.97. The Balaban J connectivity index is 2.86. The smallest absolute Gasteiger partial charge is 0.0680 e. The van der Waals surface area contributed by atoms with Crippen molar-refractivity contribution in [2.75, 3.05) is 0 Å². The van der Waals surface area contributed by atoms with Crippen LogP contribution >= 0.6 is 11.6 Å². The quantitative estimate of drug-likeness (QED) is 0.587. The molecule has 2 aromatic rings. The highest BCUT2D eigenvalue weighted by atomic mass is 35.5. The van der Waals surface area contributed by atoms with Crippen LogP contribution in [0.4, 0.5) is 0 Å². The standard InChI is InChI=1S/C8H7ClN2/c1-11-8-3-2-7(9)4-6(8)5-10-11/h2-5H,1H3. The van der Waals surface area contributed by atoms with Crippen LogP contribution in [-0.4, -0.2) is 9.78 Å². The topological polar surface area (TPSA) is 17.8 Å².